The van der Waals surface area contributed by atoms with Crippen molar-refractivity contribution in [3.63, 3.8) is 0 Å². The zero-order valence-corrected chi connectivity index (χ0v) is 16.4. The van der Waals surface area contributed by atoms with Crippen molar-refractivity contribution < 1.29 is 19.4 Å². The highest BCUT2D eigenvalue weighted by Crippen LogP contribution is 2.25. The molecule has 1 aliphatic rings. The van der Waals surface area contributed by atoms with Crippen molar-refractivity contribution in [3.05, 3.63) is 35.4 Å². The molecule has 2 rings (SSSR count). The molecule has 0 spiro atoms. The molecule has 2 atom stereocenters. The van der Waals surface area contributed by atoms with E-state index in [-0.39, 0.29) is 35.2 Å². The lowest BCUT2D eigenvalue weighted by molar-refractivity contribution is -0.125. The monoisotopic (exact) mass is 375 g/mol. The Morgan fingerprint density at radius 1 is 1.41 bits per heavy atom. The van der Waals surface area contributed by atoms with Crippen LogP contribution in [0.4, 0.5) is 0 Å². The predicted molar refractivity (Wildman–Crippen MR) is 104 cm³/mol. The summed E-state index contributed by atoms with van der Waals surface area (Å²) in [6.45, 7) is 7.71. The van der Waals surface area contributed by atoms with Crippen molar-refractivity contribution in [1.29, 1.82) is 0 Å². The Hall–Kier alpha value is -2.54. The van der Waals surface area contributed by atoms with E-state index in [2.05, 4.69) is 15.5 Å². The number of amides is 2. The SMILES string of the molecule is C/C=C(\C)CN1C[C@@H](NC(=O)c2ccc(OC)cc2O)C[C@H]1C(=O)NCC. The van der Waals surface area contributed by atoms with Gasteiger partial charge < -0.3 is 20.5 Å². The minimum absolute atomic E-state index is 0.0227. The van der Waals surface area contributed by atoms with Crippen LogP contribution in [-0.2, 0) is 4.79 Å². The number of nitrogens with one attached hydrogen (secondary N) is 2. The molecular weight excluding hydrogens is 346 g/mol. The summed E-state index contributed by atoms with van der Waals surface area (Å²) in [5.41, 5.74) is 1.36. The van der Waals surface area contributed by atoms with E-state index < -0.39 is 0 Å². The maximum atomic E-state index is 12.6. The van der Waals surface area contributed by atoms with Crippen LogP contribution in [0.1, 0.15) is 37.6 Å². The maximum absolute atomic E-state index is 12.6. The van der Waals surface area contributed by atoms with Gasteiger partial charge in [0.15, 0.2) is 0 Å². The average Bonchev–Trinajstić information content (AvgIpc) is 3.03. The molecule has 1 heterocycles. The minimum atomic E-state index is -0.362. The third-order valence-electron chi connectivity index (χ3n) is 4.79. The molecule has 7 nitrogen and oxygen atoms in total. The second kappa shape index (κ2) is 9.41. The van der Waals surface area contributed by atoms with Crippen molar-refractivity contribution in [2.24, 2.45) is 0 Å². The van der Waals surface area contributed by atoms with Gasteiger partial charge in [0.05, 0.1) is 18.7 Å². The first-order valence-corrected chi connectivity index (χ1v) is 9.21. The Morgan fingerprint density at radius 2 is 2.15 bits per heavy atom. The van der Waals surface area contributed by atoms with Gasteiger partial charge in [0.2, 0.25) is 5.91 Å². The summed E-state index contributed by atoms with van der Waals surface area (Å²) in [5.74, 6) is -0.0363. The van der Waals surface area contributed by atoms with E-state index in [0.717, 1.165) is 0 Å². The lowest BCUT2D eigenvalue weighted by Gasteiger charge is -2.23. The molecule has 27 heavy (non-hydrogen) atoms. The molecule has 0 saturated carbocycles. The first-order valence-electron chi connectivity index (χ1n) is 9.21. The van der Waals surface area contributed by atoms with Crippen molar-refractivity contribution in [2.75, 3.05) is 26.7 Å². The van der Waals surface area contributed by atoms with Gasteiger partial charge in [0.25, 0.3) is 5.91 Å². The third-order valence-corrected chi connectivity index (χ3v) is 4.79. The smallest absolute Gasteiger partial charge is 0.255 e. The first-order chi connectivity index (χ1) is 12.9. The largest absolute Gasteiger partial charge is 0.507 e. The van der Waals surface area contributed by atoms with Crippen LogP contribution in [0.25, 0.3) is 0 Å². The van der Waals surface area contributed by atoms with E-state index in [1.54, 1.807) is 6.07 Å². The predicted octanol–water partition coefficient (Wildman–Crippen LogP) is 1.68. The number of ether oxygens (including phenoxy) is 1. The van der Waals surface area contributed by atoms with Crippen LogP contribution in [0.5, 0.6) is 11.5 Å². The topological polar surface area (TPSA) is 90.9 Å². The Labute approximate surface area is 160 Å². The van der Waals surface area contributed by atoms with E-state index in [1.165, 1.54) is 24.8 Å². The van der Waals surface area contributed by atoms with Crippen molar-refractivity contribution in [3.8, 4) is 11.5 Å². The Morgan fingerprint density at radius 3 is 2.74 bits per heavy atom. The number of likely N-dealkylation sites (N-methyl/N-ethyl adjacent to an activating group) is 1. The zero-order chi connectivity index (χ0) is 20.0. The average molecular weight is 375 g/mol. The fourth-order valence-corrected chi connectivity index (χ4v) is 3.25. The summed E-state index contributed by atoms with van der Waals surface area (Å²) in [6.07, 6.45) is 2.56. The zero-order valence-electron chi connectivity index (χ0n) is 16.4. The van der Waals surface area contributed by atoms with E-state index in [9.17, 15) is 14.7 Å². The maximum Gasteiger partial charge on any atom is 0.255 e. The fourth-order valence-electron chi connectivity index (χ4n) is 3.25. The third kappa shape index (κ3) is 5.23. The van der Waals surface area contributed by atoms with Gasteiger partial charge in [-0.3, -0.25) is 14.5 Å². The number of hydrogen-bond acceptors (Lipinski definition) is 5. The van der Waals surface area contributed by atoms with Crippen LogP contribution in [0, 0.1) is 0 Å². The van der Waals surface area contributed by atoms with Gasteiger partial charge in [0, 0.05) is 31.7 Å². The van der Waals surface area contributed by atoms with Crippen LogP contribution in [0.3, 0.4) is 0 Å². The lowest BCUT2D eigenvalue weighted by Crippen LogP contribution is -2.43. The van der Waals surface area contributed by atoms with E-state index in [1.807, 2.05) is 26.8 Å². The molecule has 0 bridgehead atoms. The molecule has 1 aromatic rings. The van der Waals surface area contributed by atoms with Crippen LogP contribution in [-0.4, -0.2) is 60.6 Å². The van der Waals surface area contributed by atoms with Gasteiger partial charge >= 0.3 is 0 Å². The van der Waals surface area contributed by atoms with Gasteiger partial charge in [-0.2, -0.15) is 0 Å². The van der Waals surface area contributed by atoms with Gasteiger partial charge in [-0.25, -0.2) is 0 Å². The van der Waals surface area contributed by atoms with Gasteiger partial charge in [-0.1, -0.05) is 11.6 Å². The molecule has 148 valence electrons. The molecule has 0 radical (unpaired) electrons. The highest BCUT2D eigenvalue weighted by Gasteiger charge is 2.37. The van der Waals surface area contributed by atoms with Gasteiger partial charge in [-0.15, -0.1) is 0 Å². The fraction of sp³-hybridized carbons (Fsp3) is 0.500. The molecular formula is C20H29N3O4. The Bertz CT molecular complexity index is 717. The van der Waals surface area contributed by atoms with E-state index >= 15 is 0 Å². The highest BCUT2D eigenvalue weighted by atomic mass is 16.5. The number of allylic oxidation sites excluding steroid dienone is 1. The number of likely N-dealkylation sites (tertiary alicyclic amines) is 1. The molecule has 3 N–H and O–H groups in total. The summed E-state index contributed by atoms with van der Waals surface area (Å²) in [7, 11) is 1.50. The normalized spacial score (nSPS) is 20.4. The number of hydrogen-bond donors (Lipinski definition) is 3. The number of phenolic OH excluding ortho intramolecular Hbond substituents is 1. The minimum Gasteiger partial charge on any atom is -0.507 e. The van der Waals surface area contributed by atoms with Gasteiger partial charge in [-0.05, 0) is 39.3 Å². The molecule has 0 aromatic heterocycles. The molecule has 7 heteroatoms. The molecule has 0 aliphatic carbocycles. The summed E-state index contributed by atoms with van der Waals surface area (Å²) < 4.78 is 5.04. The standard InChI is InChI=1S/C20H29N3O4/c1-5-13(3)11-23-12-14(9-17(23)20(26)21-6-2)22-19(25)16-8-7-15(27-4)10-18(16)24/h5,7-8,10,14,17,24H,6,9,11-12H2,1-4H3,(H,21,26)(H,22,25)/b13-5+/t14-,17-/m0/s1. The second-order valence-corrected chi connectivity index (χ2v) is 6.76. The van der Waals surface area contributed by atoms with Crippen molar-refractivity contribution in [2.45, 2.75) is 39.3 Å². The number of benzene rings is 1. The number of phenols is 1. The Kier molecular flexibility index (Phi) is 7.24. The molecule has 0 unspecified atom stereocenters. The van der Waals surface area contributed by atoms with Crippen molar-refractivity contribution >= 4 is 11.8 Å². The summed E-state index contributed by atoms with van der Waals surface area (Å²) in [6, 6.07) is 4.11. The van der Waals surface area contributed by atoms with Crippen LogP contribution in [0.15, 0.2) is 29.8 Å². The number of rotatable bonds is 7. The second-order valence-electron chi connectivity index (χ2n) is 6.76. The number of nitrogens with zero attached hydrogens (tertiary/aromatic N) is 1. The number of aromatic hydroxyl groups is 1. The molecule has 1 saturated heterocycles. The molecule has 1 fully saturated rings. The number of methoxy groups -OCH3 is 1. The number of carbonyl (C=O) groups excluding carboxylic acids is 2. The highest BCUT2D eigenvalue weighted by molar-refractivity contribution is 5.97. The van der Waals surface area contributed by atoms with Crippen LogP contribution in [0.2, 0.25) is 0 Å². The Balaban J connectivity index is 2.09. The molecule has 1 aromatic carbocycles. The molecule has 1 aliphatic heterocycles. The molecule has 2 amide bonds. The summed E-state index contributed by atoms with van der Waals surface area (Å²) in [5, 5.41) is 15.9. The van der Waals surface area contributed by atoms with Crippen molar-refractivity contribution in [1.82, 2.24) is 15.5 Å². The van der Waals surface area contributed by atoms with E-state index in [4.69, 9.17) is 4.74 Å². The van der Waals surface area contributed by atoms with Crippen LogP contribution >= 0.6 is 0 Å². The van der Waals surface area contributed by atoms with E-state index in [0.29, 0.717) is 31.8 Å². The summed E-state index contributed by atoms with van der Waals surface area (Å²) in [4.78, 5) is 27.1. The number of carbonyl (C=O) groups is 2. The quantitative estimate of drug-likeness (QED) is 0.631. The first kappa shape index (κ1) is 20.8. The lowest BCUT2D eigenvalue weighted by atomic mass is 10.1. The van der Waals surface area contributed by atoms with Crippen LogP contribution < -0.4 is 15.4 Å². The van der Waals surface area contributed by atoms with Gasteiger partial charge in [0.1, 0.15) is 11.5 Å². The summed E-state index contributed by atoms with van der Waals surface area (Å²) >= 11 is 0.